The van der Waals surface area contributed by atoms with Crippen LogP contribution in [0, 0.1) is 12.7 Å². The summed E-state index contributed by atoms with van der Waals surface area (Å²) in [5.74, 6) is 0.584. The number of anilines is 1. The molecule has 1 aromatic heterocycles. The van der Waals surface area contributed by atoms with Crippen molar-refractivity contribution < 1.29 is 4.39 Å². The number of hydrogen-bond donors (Lipinski definition) is 1. The van der Waals surface area contributed by atoms with E-state index in [1.165, 1.54) is 12.1 Å². The Bertz CT molecular complexity index is 480. The van der Waals surface area contributed by atoms with Crippen LogP contribution in [0.3, 0.4) is 0 Å². The zero-order chi connectivity index (χ0) is 10.1. The Labute approximate surface area is 81.8 Å². The number of halogens is 1. The van der Waals surface area contributed by atoms with E-state index < -0.39 is 0 Å². The van der Waals surface area contributed by atoms with Crippen molar-refractivity contribution in [3.8, 4) is 0 Å². The number of nitrogens with zero attached hydrogens (tertiary/aromatic N) is 1. The molecule has 0 unspecified atom stereocenters. The highest BCUT2D eigenvalue weighted by Crippen LogP contribution is 2.20. The third kappa shape index (κ3) is 1.41. The van der Waals surface area contributed by atoms with Gasteiger partial charge in [0.25, 0.3) is 0 Å². The second kappa shape index (κ2) is 3.25. The largest absolute Gasteiger partial charge is 0.373 e. The van der Waals surface area contributed by atoms with E-state index in [1.54, 1.807) is 6.07 Å². The van der Waals surface area contributed by atoms with E-state index in [9.17, 15) is 4.39 Å². The number of fused-ring (bicyclic) bond motifs is 1. The average Bonchev–Trinajstić information content (AvgIpc) is 2.19. The molecule has 0 fully saturated rings. The first-order valence-electron chi connectivity index (χ1n) is 4.45. The fourth-order valence-electron chi connectivity index (χ4n) is 1.49. The maximum Gasteiger partial charge on any atom is 0.126 e. The summed E-state index contributed by atoms with van der Waals surface area (Å²) in [6.45, 7) is 1.95. The van der Waals surface area contributed by atoms with Gasteiger partial charge in [0.1, 0.15) is 11.6 Å². The van der Waals surface area contributed by atoms with E-state index in [4.69, 9.17) is 0 Å². The lowest BCUT2D eigenvalue weighted by atomic mass is 10.1. The molecule has 0 atom stereocenters. The van der Waals surface area contributed by atoms with Crippen LogP contribution in [-0.2, 0) is 0 Å². The second-order valence-electron chi connectivity index (χ2n) is 3.24. The summed E-state index contributed by atoms with van der Waals surface area (Å²) in [4.78, 5) is 4.32. The van der Waals surface area contributed by atoms with E-state index in [2.05, 4.69) is 10.3 Å². The number of rotatable bonds is 1. The van der Waals surface area contributed by atoms with Crippen LogP contribution in [-0.4, -0.2) is 12.0 Å². The van der Waals surface area contributed by atoms with E-state index in [0.29, 0.717) is 0 Å². The summed E-state index contributed by atoms with van der Waals surface area (Å²) in [6.07, 6.45) is 0. The lowest BCUT2D eigenvalue weighted by Crippen LogP contribution is -1.94. The molecule has 1 aromatic carbocycles. The van der Waals surface area contributed by atoms with Gasteiger partial charge in [0.15, 0.2) is 0 Å². The van der Waals surface area contributed by atoms with Gasteiger partial charge in [-0.2, -0.15) is 0 Å². The number of pyridine rings is 1. The Morgan fingerprint density at radius 1 is 1.29 bits per heavy atom. The van der Waals surface area contributed by atoms with Gasteiger partial charge < -0.3 is 5.32 Å². The monoisotopic (exact) mass is 190 g/mol. The molecule has 1 N–H and O–H groups in total. The number of aryl methyl sites for hydroxylation is 1. The predicted octanol–water partition coefficient (Wildman–Crippen LogP) is 2.72. The summed E-state index contributed by atoms with van der Waals surface area (Å²) in [5, 5.41) is 3.83. The third-order valence-electron chi connectivity index (χ3n) is 2.23. The van der Waals surface area contributed by atoms with Gasteiger partial charge in [0, 0.05) is 12.4 Å². The van der Waals surface area contributed by atoms with E-state index in [1.807, 2.05) is 20.0 Å². The van der Waals surface area contributed by atoms with Gasteiger partial charge in [-0.1, -0.05) is 0 Å². The molecular weight excluding hydrogens is 179 g/mol. The van der Waals surface area contributed by atoms with E-state index >= 15 is 0 Å². The van der Waals surface area contributed by atoms with E-state index in [0.717, 1.165) is 22.3 Å². The molecule has 3 heteroatoms. The van der Waals surface area contributed by atoms with Crippen LogP contribution in [0.2, 0.25) is 0 Å². The van der Waals surface area contributed by atoms with Crippen LogP contribution in [0.4, 0.5) is 10.2 Å². The van der Waals surface area contributed by atoms with Crippen molar-refractivity contribution in [1.29, 1.82) is 0 Å². The lowest BCUT2D eigenvalue weighted by molar-refractivity contribution is 0.629. The molecule has 0 saturated carbocycles. The van der Waals surface area contributed by atoms with Crippen LogP contribution >= 0.6 is 0 Å². The van der Waals surface area contributed by atoms with Crippen LogP contribution in [0.15, 0.2) is 24.3 Å². The molecule has 0 aliphatic carbocycles. The maximum atomic E-state index is 13.0. The van der Waals surface area contributed by atoms with Crippen molar-refractivity contribution in [2.24, 2.45) is 0 Å². The first-order chi connectivity index (χ1) is 6.70. The topological polar surface area (TPSA) is 24.9 Å². The van der Waals surface area contributed by atoms with Gasteiger partial charge in [-0.05, 0) is 36.8 Å². The van der Waals surface area contributed by atoms with Crippen molar-refractivity contribution in [2.45, 2.75) is 6.92 Å². The summed E-state index contributed by atoms with van der Waals surface area (Å²) in [7, 11) is 1.82. The van der Waals surface area contributed by atoms with Crippen molar-refractivity contribution >= 4 is 16.7 Å². The van der Waals surface area contributed by atoms with Crippen LogP contribution in [0.1, 0.15) is 5.56 Å². The van der Waals surface area contributed by atoms with Crippen LogP contribution in [0.25, 0.3) is 10.9 Å². The average molecular weight is 190 g/mol. The minimum atomic E-state index is -0.223. The first kappa shape index (κ1) is 8.94. The summed E-state index contributed by atoms with van der Waals surface area (Å²) >= 11 is 0. The minimum absolute atomic E-state index is 0.223. The van der Waals surface area contributed by atoms with Crippen molar-refractivity contribution in [1.82, 2.24) is 4.98 Å². The standard InChI is InChI=1S/C11H11FN2/c1-7-5-11(13-2)14-10-4-3-8(12)6-9(7)10/h3-6H,1-2H3,(H,13,14). The molecule has 2 nitrogen and oxygen atoms in total. The Kier molecular flexibility index (Phi) is 2.08. The molecule has 1 heterocycles. The molecule has 0 aliphatic heterocycles. The summed E-state index contributed by atoms with van der Waals surface area (Å²) < 4.78 is 13.0. The fourth-order valence-corrected chi connectivity index (χ4v) is 1.49. The highest BCUT2D eigenvalue weighted by Gasteiger charge is 2.02. The molecule has 0 aliphatic rings. The Balaban J connectivity index is 2.76. The SMILES string of the molecule is CNc1cc(C)c2cc(F)ccc2n1. The molecule has 14 heavy (non-hydrogen) atoms. The third-order valence-corrected chi connectivity index (χ3v) is 2.23. The number of benzene rings is 1. The molecule has 72 valence electrons. The van der Waals surface area contributed by atoms with Gasteiger partial charge in [0.2, 0.25) is 0 Å². The summed E-state index contributed by atoms with van der Waals surface area (Å²) in [6, 6.07) is 6.53. The van der Waals surface area contributed by atoms with Crippen molar-refractivity contribution in [3.05, 3.63) is 35.6 Å². The summed E-state index contributed by atoms with van der Waals surface area (Å²) in [5.41, 5.74) is 1.84. The molecular formula is C11H11FN2. The Hall–Kier alpha value is -1.64. The Morgan fingerprint density at radius 2 is 2.07 bits per heavy atom. The zero-order valence-corrected chi connectivity index (χ0v) is 8.13. The Morgan fingerprint density at radius 3 is 2.79 bits per heavy atom. The number of nitrogens with one attached hydrogen (secondary N) is 1. The number of hydrogen-bond acceptors (Lipinski definition) is 2. The highest BCUT2D eigenvalue weighted by atomic mass is 19.1. The zero-order valence-electron chi connectivity index (χ0n) is 8.13. The molecule has 0 radical (unpaired) electrons. The maximum absolute atomic E-state index is 13.0. The minimum Gasteiger partial charge on any atom is -0.373 e. The van der Waals surface area contributed by atoms with Crippen LogP contribution in [0.5, 0.6) is 0 Å². The molecule has 0 saturated heterocycles. The van der Waals surface area contributed by atoms with Gasteiger partial charge in [-0.3, -0.25) is 0 Å². The molecule has 2 rings (SSSR count). The molecule has 0 amide bonds. The first-order valence-corrected chi connectivity index (χ1v) is 4.45. The van der Waals surface area contributed by atoms with Gasteiger partial charge >= 0.3 is 0 Å². The van der Waals surface area contributed by atoms with E-state index in [-0.39, 0.29) is 5.82 Å². The quantitative estimate of drug-likeness (QED) is 0.747. The molecule has 0 spiro atoms. The normalized spacial score (nSPS) is 10.5. The molecule has 0 bridgehead atoms. The smallest absolute Gasteiger partial charge is 0.126 e. The van der Waals surface area contributed by atoms with Gasteiger partial charge in [0.05, 0.1) is 5.52 Å². The second-order valence-corrected chi connectivity index (χ2v) is 3.24. The van der Waals surface area contributed by atoms with Crippen molar-refractivity contribution in [2.75, 3.05) is 12.4 Å². The number of aromatic nitrogens is 1. The van der Waals surface area contributed by atoms with Gasteiger partial charge in [-0.15, -0.1) is 0 Å². The van der Waals surface area contributed by atoms with Gasteiger partial charge in [-0.25, -0.2) is 9.37 Å². The van der Waals surface area contributed by atoms with Crippen LogP contribution < -0.4 is 5.32 Å². The molecule has 2 aromatic rings. The lowest BCUT2D eigenvalue weighted by Gasteiger charge is -2.05. The van der Waals surface area contributed by atoms with Crippen molar-refractivity contribution in [3.63, 3.8) is 0 Å². The fraction of sp³-hybridized carbons (Fsp3) is 0.182. The highest BCUT2D eigenvalue weighted by molar-refractivity contribution is 5.83. The predicted molar refractivity (Wildman–Crippen MR) is 56.0 cm³/mol.